The maximum absolute atomic E-state index is 13.5. The maximum Gasteiger partial charge on any atom is 0.335 e. The van der Waals surface area contributed by atoms with Gasteiger partial charge in [0.05, 0.1) is 29.0 Å². The van der Waals surface area contributed by atoms with Crippen LogP contribution in [-0.2, 0) is 6.54 Å². The summed E-state index contributed by atoms with van der Waals surface area (Å²) >= 11 is 1.46. The summed E-state index contributed by atoms with van der Waals surface area (Å²) in [5.41, 5.74) is 2.71. The first-order chi connectivity index (χ1) is 8.16. The fraction of sp³-hybridized carbons (Fsp3) is 0.0909. The number of carboxylic acids is 1. The fourth-order valence-corrected chi connectivity index (χ4v) is 1.86. The third-order valence-corrected chi connectivity index (χ3v) is 2.79. The molecule has 6 heteroatoms. The molecule has 0 aliphatic rings. The Kier molecular flexibility index (Phi) is 3.34. The van der Waals surface area contributed by atoms with Crippen molar-refractivity contribution >= 4 is 23.0 Å². The second kappa shape index (κ2) is 4.92. The van der Waals surface area contributed by atoms with E-state index in [1.807, 2.05) is 5.38 Å². The molecule has 0 radical (unpaired) electrons. The minimum absolute atomic E-state index is 0.0679. The molecular formula is C11H9FN2O2S. The number of aromatic carboxylic acids is 1. The highest BCUT2D eigenvalue weighted by Crippen LogP contribution is 2.16. The van der Waals surface area contributed by atoms with Crippen molar-refractivity contribution in [3.8, 4) is 0 Å². The molecule has 88 valence electrons. The van der Waals surface area contributed by atoms with E-state index >= 15 is 0 Å². The van der Waals surface area contributed by atoms with Gasteiger partial charge in [0.1, 0.15) is 5.82 Å². The van der Waals surface area contributed by atoms with Crippen molar-refractivity contribution < 1.29 is 14.3 Å². The SMILES string of the molecule is O=C(O)c1ccc(NCc2cscn2)c(F)c1. The number of hydrogen-bond acceptors (Lipinski definition) is 4. The van der Waals surface area contributed by atoms with Crippen LogP contribution < -0.4 is 5.32 Å². The molecule has 0 aliphatic heterocycles. The smallest absolute Gasteiger partial charge is 0.335 e. The number of carbonyl (C=O) groups is 1. The van der Waals surface area contributed by atoms with Gasteiger partial charge < -0.3 is 10.4 Å². The molecule has 0 fully saturated rings. The van der Waals surface area contributed by atoms with E-state index in [4.69, 9.17) is 5.11 Å². The van der Waals surface area contributed by atoms with Gasteiger partial charge in [0.15, 0.2) is 0 Å². The first-order valence-corrected chi connectivity index (χ1v) is 5.75. The average molecular weight is 252 g/mol. The van der Waals surface area contributed by atoms with Gasteiger partial charge in [-0.3, -0.25) is 0 Å². The molecule has 2 aromatic rings. The van der Waals surface area contributed by atoms with Gasteiger partial charge >= 0.3 is 5.97 Å². The van der Waals surface area contributed by atoms with Crippen molar-refractivity contribution in [1.82, 2.24) is 4.98 Å². The van der Waals surface area contributed by atoms with E-state index in [2.05, 4.69) is 10.3 Å². The number of nitrogens with one attached hydrogen (secondary N) is 1. The zero-order valence-electron chi connectivity index (χ0n) is 8.68. The predicted molar refractivity (Wildman–Crippen MR) is 62.8 cm³/mol. The Hall–Kier alpha value is -1.95. The van der Waals surface area contributed by atoms with Crippen LogP contribution in [0.3, 0.4) is 0 Å². The van der Waals surface area contributed by atoms with Crippen molar-refractivity contribution in [3.05, 3.63) is 46.2 Å². The quantitative estimate of drug-likeness (QED) is 0.878. The third kappa shape index (κ3) is 2.79. The van der Waals surface area contributed by atoms with E-state index in [-0.39, 0.29) is 11.3 Å². The summed E-state index contributed by atoms with van der Waals surface area (Å²) in [5, 5.41) is 13.4. The maximum atomic E-state index is 13.5. The molecule has 0 unspecified atom stereocenters. The van der Waals surface area contributed by atoms with Gasteiger partial charge in [-0.25, -0.2) is 14.2 Å². The lowest BCUT2D eigenvalue weighted by Crippen LogP contribution is -2.03. The molecule has 17 heavy (non-hydrogen) atoms. The normalized spacial score (nSPS) is 10.2. The molecule has 2 N–H and O–H groups in total. The van der Waals surface area contributed by atoms with Crippen LogP contribution in [0.4, 0.5) is 10.1 Å². The number of thiazole rings is 1. The summed E-state index contributed by atoms with van der Waals surface area (Å²) in [4.78, 5) is 14.7. The number of halogens is 1. The van der Waals surface area contributed by atoms with Crippen LogP contribution in [0, 0.1) is 5.82 Å². The Morgan fingerprint density at radius 1 is 1.53 bits per heavy atom. The zero-order valence-corrected chi connectivity index (χ0v) is 9.50. The van der Waals surface area contributed by atoms with Crippen molar-refractivity contribution in [3.63, 3.8) is 0 Å². The van der Waals surface area contributed by atoms with Crippen molar-refractivity contribution in [2.24, 2.45) is 0 Å². The highest BCUT2D eigenvalue weighted by atomic mass is 32.1. The molecule has 4 nitrogen and oxygen atoms in total. The summed E-state index contributed by atoms with van der Waals surface area (Å²) < 4.78 is 13.5. The lowest BCUT2D eigenvalue weighted by atomic mass is 10.2. The molecule has 0 aliphatic carbocycles. The molecule has 0 amide bonds. The largest absolute Gasteiger partial charge is 0.478 e. The number of benzene rings is 1. The number of hydrogen-bond donors (Lipinski definition) is 2. The van der Waals surface area contributed by atoms with E-state index in [1.165, 1.54) is 23.5 Å². The summed E-state index contributed by atoms with van der Waals surface area (Å²) in [6.45, 7) is 0.410. The van der Waals surface area contributed by atoms with Crippen LogP contribution in [0.15, 0.2) is 29.1 Å². The zero-order chi connectivity index (χ0) is 12.3. The van der Waals surface area contributed by atoms with Crippen LogP contribution in [0.5, 0.6) is 0 Å². The number of carboxylic acid groups (broad SMARTS) is 1. The van der Waals surface area contributed by atoms with E-state index in [9.17, 15) is 9.18 Å². The van der Waals surface area contributed by atoms with Crippen LogP contribution in [-0.4, -0.2) is 16.1 Å². The Bertz CT molecular complexity index is 528. The first-order valence-electron chi connectivity index (χ1n) is 4.80. The van der Waals surface area contributed by atoms with Crippen LogP contribution in [0.2, 0.25) is 0 Å². The molecule has 1 aromatic heterocycles. The summed E-state index contributed by atoms with van der Waals surface area (Å²) in [6, 6.07) is 3.76. The Morgan fingerprint density at radius 2 is 2.35 bits per heavy atom. The van der Waals surface area contributed by atoms with E-state index in [0.29, 0.717) is 6.54 Å². The van der Waals surface area contributed by atoms with E-state index in [0.717, 1.165) is 11.8 Å². The van der Waals surface area contributed by atoms with Crippen molar-refractivity contribution in [2.45, 2.75) is 6.54 Å². The van der Waals surface area contributed by atoms with Gasteiger partial charge in [-0.05, 0) is 18.2 Å². The van der Waals surface area contributed by atoms with Gasteiger partial charge in [-0.1, -0.05) is 0 Å². The topological polar surface area (TPSA) is 62.2 Å². The minimum atomic E-state index is -1.14. The minimum Gasteiger partial charge on any atom is -0.478 e. The lowest BCUT2D eigenvalue weighted by Gasteiger charge is -2.06. The first kappa shape index (κ1) is 11.5. The molecule has 2 rings (SSSR count). The van der Waals surface area contributed by atoms with Crippen LogP contribution in [0.1, 0.15) is 16.1 Å². The summed E-state index contributed by atoms with van der Waals surface area (Å²) in [6.07, 6.45) is 0. The number of rotatable bonds is 4. The molecule has 0 bridgehead atoms. The standard InChI is InChI=1S/C11H9FN2O2S/c12-9-3-7(11(15)16)1-2-10(9)13-4-8-5-17-6-14-8/h1-3,5-6,13H,4H2,(H,15,16). The highest BCUT2D eigenvalue weighted by molar-refractivity contribution is 7.07. The van der Waals surface area contributed by atoms with Gasteiger partial charge in [0.2, 0.25) is 0 Å². The van der Waals surface area contributed by atoms with Crippen LogP contribution in [0.25, 0.3) is 0 Å². The molecule has 0 atom stereocenters. The number of nitrogens with zero attached hydrogens (tertiary/aromatic N) is 1. The van der Waals surface area contributed by atoms with E-state index < -0.39 is 11.8 Å². The Morgan fingerprint density at radius 3 is 2.94 bits per heavy atom. The predicted octanol–water partition coefficient (Wildman–Crippen LogP) is 2.59. The summed E-state index contributed by atoms with van der Waals surface area (Å²) in [7, 11) is 0. The molecule has 1 aromatic carbocycles. The van der Waals surface area contributed by atoms with Gasteiger partial charge in [0.25, 0.3) is 0 Å². The number of aromatic nitrogens is 1. The number of anilines is 1. The van der Waals surface area contributed by atoms with Crippen LogP contribution >= 0.6 is 11.3 Å². The molecule has 0 spiro atoms. The van der Waals surface area contributed by atoms with Gasteiger partial charge in [-0.2, -0.15) is 0 Å². The third-order valence-electron chi connectivity index (χ3n) is 2.16. The highest BCUT2D eigenvalue weighted by Gasteiger charge is 2.08. The summed E-state index contributed by atoms with van der Waals surface area (Å²) in [5.74, 6) is -1.73. The molecule has 0 saturated carbocycles. The fourth-order valence-electron chi connectivity index (χ4n) is 1.30. The second-order valence-electron chi connectivity index (χ2n) is 3.33. The average Bonchev–Trinajstić information content (AvgIpc) is 2.80. The molecular weight excluding hydrogens is 243 g/mol. The monoisotopic (exact) mass is 252 g/mol. The lowest BCUT2D eigenvalue weighted by molar-refractivity contribution is 0.0696. The van der Waals surface area contributed by atoms with Crippen molar-refractivity contribution in [2.75, 3.05) is 5.32 Å². The van der Waals surface area contributed by atoms with Gasteiger partial charge in [-0.15, -0.1) is 11.3 Å². The second-order valence-corrected chi connectivity index (χ2v) is 4.05. The Balaban J connectivity index is 2.09. The van der Waals surface area contributed by atoms with Crippen molar-refractivity contribution in [1.29, 1.82) is 0 Å². The molecule has 0 saturated heterocycles. The Labute approximate surface area is 101 Å². The van der Waals surface area contributed by atoms with E-state index in [1.54, 1.807) is 5.51 Å². The van der Waals surface area contributed by atoms with Gasteiger partial charge in [0, 0.05) is 5.38 Å². The molecule has 1 heterocycles.